The molecule has 1 aliphatic carbocycles. The zero-order valence-corrected chi connectivity index (χ0v) is 8.55. The normalized spacial score (nSPS) is 18.9. The Labute approximate surface area is 88.3 Å². The summed E-state index contributed by atoms with van der Waals surface area (Å²) in [4.78, 5) is 0. The molecule has 15 heavy (non-hydrogen) atoms. The van der Waals surface area contributed by atoms with Crippen molar-refractivity contribution in [2.45, 2.75) is 30.6 Å². The van der Waals surface area contributed by atoms with E-state index in [0.717, 1.165) is 18.4 Å². The number of benzene rings is 1. The molecule has 1 saturated carbocycles. The van der Waals surface area contributed by atoms with Crippen LogP contribution in [0, 0.1) is 0 Å². The third kappa shape index (κ3) is 2.17. The van der Waals surface area contributed by atoms with Crippen molar-refractivity contribution in [3.63, 3.8) is 0 Å². The summed E-state index contributed by atoms with van der Waals surface area (Å²) in [6, 6.07) is 9.56. The molecule has 1 nitrogen and oxygen atoms in total. The van der Waals surface area contributed by atoms with Crippen LogP contribution in [-0.4, -0.2) is 12.5 Å². The summed E-state index contributed by atoms with van der Waals surface area (Å²) in [6.07, 6.45) is 1.60. The first-order valence-electron chi connectivity index (χ1n) is 5.21. The third-order valence-electron chi connectivity index (χ3n) is 3.14. The number of nitrogens with two attached hydrogens (primary N) is 1. The average molecular weight is 211 g/mol. The second kappa shape index (κ2) is 3.56. The Morgan fingerprint density at radius 3 is 2.27 bits per heavy atom. The topological polar surface area (TPSA) is 26.0 Å². The zero-order chi connectivity index (χ0) is 10.9. The summed E-state index contributed by atoms with van der Waals surface area (Å²) in [5.74, 6) is -2.73. The lowest BCUT2D eigenvalue weighted by Gasteiger charge is -2.22. The van der Waals surface area contributed by atoms with Crippen molar-refractivity contribution in [1.29, 1.82) is 0 Å². The molecule has 1 fully saturated rings. The Morgan fingerprint density at radius 1 is 1.20 bits per heavy atom. The van der Waals surface area contributed by atoms with E-state index in [9.17, 15) is 8.78 Å². The molecule has 1 aromatic carbocycles. The lowest BCUT2D eigenvalue weighted by molar-refractivity contribution is -0.00797. The van der Waals surface area contributed by atoms with Gasteiger partial charge in [-0.15, -0.1) is 0 Å². The molecule has 0 atom stereocenters. The maximum absolute atomic E-state index is 13.2. The molecule has 1 aliphatic rings. The minimum Gasteiger partial charge on any atom is -0.325 e. The quantitative estimate of drug-likeness (QED) is 0.814. The molecular weight excluding hydrogens is 196 g/mol. The number of halogens is 2. The minimum absolute atomic E-state index is 0.111. The standard InChI is InChI=1S/C12H15F2N/c13-12(14,9-15)8-11(6-7-11)10-4-2-1-3-5-10/h1-5H,6-9,15H2. The van der Waals surface area contributed by atoms with Crippen LogP contribution in [0.15, 0.2) is 30.3 Å². The van der Waals surface area contributed by atoms with Crippen LogP contribution >= 0.6 is 0 Å². The molecule has 0 aromatic heterocycles. The van der Waals surface area contributed by atoms with Gasteiger partial charge in [0.25, 0.3) is 5.92 Å². The number of alkyl halides is 2. The highest BCUT2D eigenvalue weighted by Crippen LogP contribution is 2.53. The van der Waals surface area contributed by atoms with Crippen molar-refractivity contribution < 1.29 is 8.78 Å². The molecule has 2 N–H and O–H groups in total. The fourth-order valence-corrected chi connectivity index (χ4v) is 2.08. The molecule has 0 aliphatic heterocycles. The number of rotatable bonds is 4. The fraction of sp³-hybridized carbons (Fsp3) is 0.500. The van der Waals surface area contributed by atoms with E-state index in [2.05, 4.69) is 0 Å². The van der Waals surface area contributed by atoms with Crippen molar-refractivity contribution >= 4 is 0 Å². The highest BCUT2D eigenvalue weighted by atomic mass is 19.3. The van der Waals surface area contributed by atoms with E-state index in [0.29, 0.717) is 0 Å². The van der Waals surface area contributed by atoms with Gasteiger partial charge in [-0.3, -0.25) is 0 Å². The van der Waals surface area contributed by atoms with Gasteiger partial charge in [-0.05, 0) is 18.4 Å². The van der Waals surface area contributed by atoms with Crippen molar-refractivity contribution in [2.75, 3.05) is 6.54 Å². The Bertz CT molecular complexity index is 331. The van der Waals surface area contributed by atoms with Crippen LogP contribution < -0.4 is 5.73 Å². The Balaban J connectivity index is 2.15. The molecule has 1 aromatic rings. The Hall–Kier alpha value is -0.960. The second-order valence-electron chi connectivity index (χ2n) is 4.38. The van der Waals surface area contributed by atoms with Crippen LogP contribution in [0.5, 0.6) is 0 Å². The van der Waals surface area contributed by atoms with Gasteiger partial charge in [0.2, 0.25) is 0 Å². The van der Waals surface area contributed by atoms with Crippen molar-refractivity contribution in [1.82, 2.24) is 0 Å². The van der Waals surface area contributed by atoms with Gasteiger partial charge in [0.05, 0.1) is 6.54 Å². The van der Waals surface area contributed by atoms with Gasteiger partial charge >= 0.3 is 0 Å². The van der Waals surface area contributed by atoms with E-state index in [4.69, 9.17) is 5.73 Å². The first-order chi connectivity index (χ1) is 7.08. The minimum atomic E-state index is -2.73. The molecule has 0 unspecified atom stereocenters. The maximum atomic E-state index is 13.2. The molecule has 2 rings (SSSR count). The first-order valence-corrected chi connectivity index (χ1v) is 5.21. The molecule has 0 saturated heterocycles. The highest BCUT2D eigenvalue weighted by molar-refractivity contribution is 5.31. The first kappa shape index (κ1) is 10.6. The fourth-order valence-electron chi connectivity index (χ4n) is 2.08. The van der Waals surface area contributed by atoms with Crippen molar-refractivity contribution in [3.05, 3.63) is 35.9 Å². The summed E-state index contributed by atoms with van der Waals surface area (Å²) < 4.78 is 26.5. The zero-order valence-electron chi connectivity index (χ0n) is 8.55. The van der Waals surface area contributed by atoms with Gasteiger partial charge in [-0.25, -0.2) is 8.78 Å². The average Bonchev–Trinajstić information content (AvgIpc) is 3.00. The van der Waals surface area contributed by atoms with Gasteiger partial charge < -0.3 is 5.73 Å². The monoisotopic (exact) mass is 211 g/mol. The Morgan fingerprint density at radius 2 is 1.80 bits per heavy atom. The van der Waals surface area contributed by atoms with Crippen LogP contribution in [0.1, 0.15) is 24.8 Å². The summed E-state index contributed by atoms with van der Waals surface area (Å²) in [7, 11) is 0. The lowest BCUT2D eigenvalue weighted by Crippen LogP contribution is -2.32. The van der Waals surface area contributed by atoms with E-state index in [-0.39, 0.29) is 11.8 Å². The molecule has 0 radical (unpaired) electrons. The molecular formula is C12H15F2N. The van der Waals surface area contributed by atoms with E-state index < -0.39 is 12.5 Å². The van der Waals surface area contributed by atoms with Crippen LogP contribution in [-0.2, 0) is 5.41 Å². The van der Waals surface area contributed by atoms with E-state index in [1.807, 2.05) is 30.3 Å². The third-order valence-corrected chi connectivity index (χ3v) is 3.14. The van der Waals surface area contributed by atoms with Gasteiger partial charge in [0, 0.05) is 11.8 Å². The molecule has 82 valence electrons. The number of hydrogen-bond acceptors (Lipinski definition) is 1. The van der Waals surface area contributed by atoms with E-state index in [1.54, 1.807) is 0 Å². The molecule has 3 heteroatoms. The predicted molar refractivity (Wildman–Crippen MR) is 56.0 cm³/mol. The summed E-state index contributed by atoms with van der Waals surface area (Å²) >= 11 is 0. The smallest absolute Gasteiger partial charge is 0.260 e. The van der Waals surface area contributed by atoms with Gasteiger partial charge in [-0.2, -0.15) is 0 Å². The van der Waals surface area contributed by atoms with Crippen LogP contribution in [0.25, 0.3) is 0 Å². The second-order valence-corrected chi connectivity index (χ2v) is 4.38. The van der Waals surface area contributed by atoms with Gasteiger partial charge in [-0.1, -0.05) is 30.3 Å². The van der Waals surface area contributed by atoms with Crippen molar-refractivity contribution in [2.24, 2.45) is 5.73 Å². The molecule has 0 heterocycles. The highest BCUT2D eigenvalue weighted by Gasteiger charge is 2.50. The van der Waals surface area contributed by atoms with Crippen LogP contribution in [0.3, 0.4) is 0 Å². The largest absolute Gasteiger partial charge is 0.325 e. The van der Waals surface area contributed by atoms with Gasteiger partial charge in [0.15, 0.2) is 0 Å². The van der Waals surface area contributed by atoms with E-state index in [1.165, 1.54) is 0 Å². The van der Waals surface area contributed by atoms with Crippen molar-refractivity contribution in [3.8, 4) is 0 Å². The summed E-state index contributed by atoms with van der Waals surface area (Å²) in [6.45, 7) is -0.554. The van der Waals surface area contributed by atoms with Crippen LogP contribution in [0.4, 0.5) is 8.78 Å². The SMILES string of the molecule is NCC(F)(F)CC1(c2ccccc2)CC1. The molecule has 0 spiro atoms. The maximum Gasteiger partial charge on any atom is 0.260 e. The molecule has 0 amide bonds. The lowest BCUT2D eigenvalue weighted by atomic mass is 9.89. The Kier molecular flexibility index (Phi) is 2.51. The van der Waals surface area contributed by atoms with Gasteiger partial charge in [0.1, 0.15) is 0 Å². The summed E-state index contributed by atoms with van der Waals surface area (Å²) in [5, 5.41) is 0. The number of hydrogen-bond donors (Lipinski definition) is 1. The van der Waals surface area contributed by atoms with E-state index >= 15 is 0 Å². The van der Waals surface area contributed by atoms with Crippen LogP contribution in [0.2, 0.25) is 0 Å². The molecule has 0 bridgehead atoms. The predicted octanol–water partition coefficient (Wildman–Crippen LogP) is 2.70. The summed E-state index contributed by atoms with van der Waals surface area (Å²) in [5.41, 5.74) is 5.79.